The van der Waals surface area contributed by atoms with Crippen molar-refractivity contribution in [2.75, 3.05) is 0 Å². The first-order valence-electron chi connectivity index (χ1n) is 7.96. The fourth-order valence-electron chi connectivity index (χ4n) is 2.99. The van der Waals surface area contributed by atoms with E-state index >= 15 is 0 Å². The maximum Gasteiger partial charge on any atom is 0.269 e. The van der Waals surface area contributed by atoms with Crippen LogP contribution in [-0.2, 0) is 0 Å². The van der Waals surface area contributed by atoms with Gasteiger partial charge in [-0.2, -0.15) is 0 Å². The molecule has 26 heavy (non-hydrogen) atoms. The Labute approximate surface area is 153 Å². The molecule has 4 aromatic rings. The number of aromatic nitrogens is 3. The molecule has 6 nitrogen and oxygen atoms in total. The van der Waals surface area contributed by atoms with Crippen LogP contribution in [0.25, 0.3) is 28.0 Å². The first-order chi connectivity index (χ1) is 12.5. The van der Waals surface area contributed by atoms with Crippen LogP contribution in [-0.4, -0.2) is 19.3 Å². The normalized spacial score (nSPS) is 11.0. The lowest BCUT2D eigenvalue weighted by atomic mass is 10.1. The number of fused-ring (bicyclic) bond motifs is 1. The number of H-pyrrole nitrogens is 1. The molecule has 0 aliphatic carbocycles. The van der Waals surface area contributed by atoms with Crippen LogP contribution in [0.3, 0.4) is 0 Å². The summed E-state index contributed by atoms with van der Waals surface area (Å²) in [5.74, 6) is 0. The number of aromatic amines is 1. The van der Waals surface area contributed by atoms with Crippen LogP contribution >= 0.6 is 12.2 Å². The minimum absolute atomic E-state index is 0.0533. The number of imidazole rings is 1. The van der Waals surface area contributed by atoms with Gasteiger partial charge in [-0.25, -0.2) is 4.98 Å². The zero-order valence-electron chi connectivity index (χ0n) is 13.8. The topological polar surface area (TPSA) is 76.2 Å². The summed E-state index contributed by atoms with van der Waals surface area (Å²) in [6, 6.07) is 14.5. The Bertz CT molecular complexity index is 1190. The predicted octanol–water partition coefficient (Wildman–Crippen LogP) is 4.94. The van der Waals surface area contributed by atoms with E-state index in [1.54, 1.807) is 18.3 Å². The Morgan fingerprint density at radius 3 is 2.54 bits per heavy atom. The van der Waals surface area contributed by atoms with Gasteiger partial charge in [0.2, 0.25) is 4.77 Å². The average molecular weight is 362 g/mol. The maximum absolute atomic E-state index is 10.9. The molecule has 0 aliphatic heterocycles. The van der Waals surface area contributed by atoms with Crippen molar-refractivity contribution in [3.63, 3.8) is 0 Å². The van der Waals surface area contributed by atoms with Crippen molar-refractivity contribution in [2.24, 2.45) is 0 Å². The molecule has 0 unspecified atom stereocenters. The van der Waals surface area contributed by atoms with E-state index in [9.17, 15) is 10.1 Å². The third kappa shape index (κ3) is 2.68. The number of benzene rings is 2. The maximum atomic E-state index is 10.9. The molecule has 0 spiro atoms. The zero-order chi connectivity index (χ0) is 18.3. The predicted molar refractivity (Wildman–Crippen MR) is 103 cm³/mol. The third-order valence-electron chi connectivity index (χ3n) is 4.34. The molecule has 0 radical (unpaired) electrons. The third-order valence-corrected chi connectivity index (χ3v) is 4.64. The van der Waals surface area contributed by atoms with E-state index in [4.69, 9.17) is 12.2 Å². The molecule has 2 aromatic heterocycles. The minimum atomic E-state index is -0.413. The van der Waals surface area contributed by atoms with Gasteiger partial charge in [0.05, 0.1) is 10.6 Å². The van der Waals surface area contributed by atoms with Crippen LogP contribution in [0.4, 0.5) is 5.69 Å². The molecule has 4 rings (SSSR count). The van der Waals surface area contributed by atoms with E-state index in [2.05, 4.69) is 23.0 Å². The highest BCUT2D eigenvalue weighted by Gasteiger charge is 2.12. The lowest BCUT2D eigenvalue weighted by Crippen LogP contribution is -1.93. The van der Waals surface area contributed by atoms with Gasteiger partial charge in [0, 0.05) is 35.7 Å². The molecule has 7 heteroatoms. The second kappa shape index (κ2) is 6.20. The van der Waals surface area contributed by atoms with Crippen LogP contribution in [0.1, 0.15) is 5.56 Å². The van der Waals surface area contributed by atoms with E-state index in [0.717, 1.165) is 33.6 Å². The van der Waals surface area contributed by atoms with Crippen LogP contribution in [0, 0.1) is 21.8 Å². The summed E-state index contributed by atoms with van der Waals surface area (Å²) < 4.78 is 2.27. The molecule has 128 valence electrons. The molecule has 0 atom stereocenters. The smallest absolute Gasteiger partial charge is 0.269 e. The van der Waals surface area contributed by atoms with Gasteiger partial charge in [-0.15, -0.1) is 0 Å². The molecule has 2 heterocycles. The van der Waals surface area contributed by atoms with Crippen LogP contribution in [0.2, 0.25) is 0 Å². The molecule has 0 amide bonds. The monoisotopic (exact) mass is 362 g/mol. The SMILES string of the molecule is Cc1ccccc1-c1cn2c(=S)ncc(-c3ccc([N+](=O)[O-])cc3)c2[nH]1. The molecule has 0 saturated heterocycles. The molecule has 0 saturated carbocycles. The summed E-state index contributed by atoms with van der Waals surface area (Å²) in [6.07, 6.45) is 3.62. The molecule has 0 bridgehead atoms. The molecule has 2 aromatic carbocycles. The van der Waals surface area contributed by atoms with Gasteiger partial charge >= 0.3 is 0 Å². The number of hydrogen-bond donors (Lipinski definition) is 1. The van der Waals surface area contributed by atoms with Gasteiger partial charge in [-0.3, -0.25) is 14.5 Å². The first-order valence-corrected chi connectivity index (χ1v) is 8.36. The highest BCUT2D eigenvalue weighted by atomic mass is 32.1. The van der Waals surface area contributed by atoms with Crippen molar-refractivity contribution in [2.45, 2.75) is 6.92 Å². The quantitative estimate of drug-likeness (QED) is 0.318. The van der Waals surface area contributed by atoms with Gasteiger partial charge in [-0.05, 0) is 42.4 Å². The van der Waals surface area contributed by atoms with E-state index in [-0.39, 0.29) is 5.69 Å². The van der Waals surface area contributed by atoms with Crippen LogP contribution < -0.4 is 0 Å². The molecule has 1 N–H and O–H groups in total. The van der Waals surface area contributed by atoms with Gasteiger partial charge in [0.1, 0.15) is 5.65 Å². The summed E-state index contributed by atoms with van der Waals surface area (Å²) in [7, 11) is 0. The van der Waals surface area contributed by atoms with Crippen molar-refractivity contribution >= 4 is 23.6 Å². The van der Waals surface area contributed by atoms with E-state index < -0.39 is 4.92 Å². The fourth-order valence-corrected chi connectivity index (χ4v) is 3.19. The molecular formula is C19H14N4O2S. The number of nitro benzene ring substituents is 1. The summed E-state index contributed by atoms with van der Waals surface area (Å²) in [6.45, 7) is 2.05. The molecule has 0 fully saturated rings. The number of hydrogen-bond acceptors (Lipinski definition) is 4. The Kier molecular flexibility index (Phi) is 3.85. The number of rotatable bonds is 3. The molecular weight excluding hydrogens is 348 g/mol. The fraction of sp³-hybridized carbons (Fsp3) is 0.0526. The number of nitrogens with one attached hydrogen (secondary N) is 1. The second-order valence-electron chi connectivity index (χ2n) is 5.96. The van der Waals surface area contributed by atoms with Crippen LogP contribution in [0.5, 0.6) is 0 Å². The summed E-state index contributed by atoms with van der Waals surface area (Å²) >= 11 is 5.36. The lowest BCUT2D eigenvalue weighted by molar-refractivity contribution is -0.384. The van der Waals surface area contributed by atoms with E-state index in [0.29, 0.717) is 4.77 Å². The summed E-state index contributed by atoms with van der Waals surface area (Å²) in [4.78, 5) is 18.2. The number of aryl methyl sites for hydroxylation is 1. The van der Waals surface area contributed by atoms with E-state index in [1.807, 2.05) is 28.8 Å². The second-order valence-corrected chi connectivity index (χ2v) is 6.32. The first kappa shape index (κ1) is 16.2. The minimum Gasteiger partial charge on any atom is -0.339 e. The van der Waals surface area contributed by atoms with E-state index in [1.165, 1.54) is 12.1 Å². The van der Waals surface area contributed by atoms with Crippen molar-refractivity contribution in [1.29, 1.82) is 0 Å². The van der Waals surface area contributed by atoms with Gasteiger partial charge in [-0.1, -0.05) is 24.3 Å². The standard InChI is InChI=1S/C19H14N4O2S/c1-12-4-2-3-5-15(12)17-11-22-18(21-17)16(10-20-19(22)26)13-6-8-14(9-7-13)23(24)25/h2-11,21H,1H3. The molecule has 0 aliphatic rings. The Balaban J connectivity index is 1.91. The van der Waals surface area contributed by atoms with Crippen molar-refractivity contribution in [3.05, 3.63) is 81.4 Å². The number of nitro groups is 1. The highest BCUT2D eigenvalue weighted by molar-refractivity contribution is 7.71. The van der Waals surface area contributed by atoms with Gasteiger partial charge in [0.25, 0.3) is 5.69 Å². The Hall–Kier alpha value is -3.32. The number of non-ortho nitro benzene ring substituents is 1. The Morgan fingerprint density at radius 2 is 1.85 bits per heavy atom. The van der Waals surface area contributed by atoms with Crippen molar-refractivity contribution < 1.29 is 4.92 Å². The summed E-state index contributed by atoms with van der Waals surface area (Å²) in [5, 5.41) is 10.9. The van der Waals surface area contributed by atoms with Gasteiger partial charge < -0.3 is 4.98 Å². The summed E-state index contributed by atoms with van der Waals surface area (Å²) in [5.41, 5.74) is 5.68. The number of nitrogens with zero attached hydrogens (tertiary/aromatic N) is 3. The van der Waals surface area contributed by atoms with Gasteiger partial charge in [0.15, 0.2) is 0 Å². The lowest BCUT2D eigenvalue weighted by Gasteiger charge is -2.04. The van der Waals surface area contributed by atoms with Crippen molar-refractivity contribution in [3.8, 4) is 22.4 Å². The van der Waals surface area contributed by atoms with Crippen molar-refractivity contribution in [1.82, 2.24) is 14.4 Å². The zero-order valence-corrected chi connectivity index (χ0v) is 14.7. The van der Waals surface area contributed by atoms with Crippen LogP contribution in [0.15, 0.2) is 60.9 Å². The largest absolute Gasteiger partial charge is 0.339 e. The average Bonchev–Trinajstić information content (AvgIpc) is 3.08. The highest BCUT2D eigenvalue weighted by Crippen LogP contribution is 2.29. The Morgan fingerprint density at radius 1 is 1.12 bits per heavy atom.